The van der Waals surface area contributed by atoms with Gasteiger partial charge in [0.2, 0.25) is 0 Å². The van der Waals surface area contributed by atoms with Gasteiger partial charge in [-0.1, -0.05) is 0 Å². The summed E-state index contributed by atoms with van der Waals surface area (Å²) in [6.45, 7) is 0. The third-order valence-electron chi connectivity index (χ3n) is 0.0630. The van der Waals surface area contributed by atoms with Crippen molar-refractivity contribution in [1.29, 1.82) is 0 Å². The Labute approximate surface area is 51.0 Å². The van der Waals surface area contributed by atoms with Gasteiger partial charge in [-0.25, -0.2) is 0 Å². The number of hydrogen-bond acceptors (Lipinski definition) is 2. The van der Waals surface area contributed by atoms with Crippen molar-refractivity contribution in [3.05, 3.63) is 0 Å². The second-order valence-corrected chi connectivity index (χ2v) is 3.66. The Kier molecular flexibility index (Phi) is 6.67. The molecular formula is Cl2O2Sn. The van der Waals surface area contributed by atoms with Crippen molar-refractivity contribution in [2.75, 3.05) is 0 Å². The molecule has 0 aromatic rings. The van der Waals surface area contributed by atoms with Crippen LogP contribution in [0.25, 0.3) is 0 Å². The van der Waals surface area contributed by atoms with E-state index >= 15 is 0 Å². The van der Waals surface area contributed by atoms with Crippen LogP contribution in [0.3, 0.4) is 0 Å². The van der Waals surface area contributed by atoms with Crippen molar-refractivity contribution in [2.45, 2.75) is 0 Å². The first-order valence-electron chi connectivity index (χ1n) is 0.717. The fourth-order valence-electron chi connectivity index (χ4n) is 0.0119. The summed E-state index contributed by atoms with van der Waals surface area (Å²) in [5.41, 5.74) is 0. The third kappa shape index (κ3) is 5.30. The van der Waals surface area contributed by atoms with E-state index in [1.54, 1.807) is 0 Å². The van der Waals surface area contributed by atoms with Gasteiger partial charge >= 0.3 is 51.0 Å². The van der Waals surface area contributed by atoms with Crippen LogP contribution in [0, 0.1) is 0 Å². The summed E-state index contributed by atoms with van der Waals surface area (Å²) in [6.07, 6.45) is 0. The minimum absolute atomic E-state index is 1.25. The maximum absolute atomic E-state index is 4.67. The molecule has 5 heteroatoms. The molecule has 30 valence electrons. The van der Waals surface area contributed by atoms with Crippen molar-refractivity contribution in [1.82, 2.24) is 0 Å². The van der Waals surface area contributed by atoms with Crippen LogP contribution >= 0.6 is 23.7 Å². The summed E-state index contributed by atoms with van der Waals surface area (Å²) in [6, 6.07) is 0. The molecule has 5 heavy (non-hydrogen) atoms. The zero-order valence-corrected chi connectivity index (χ0v) is 6.44. The molecule has 0 amide bonds. The van der Waals surface area contributed by atoms with Gasteiger partial charge in [0.25, 0.3) is 0 Å². The molecule has 2 radical (unpaired) electrons. The summed E-state index contributed by atoms with van der Waals surface area (Å²) < 4.78 is 7.96. The van der Waals surface area contributed by atoms with Crippen LogP contribution in [-0.4, -0.2) is 22.0 Å². The predicted octanol–water partition coefficient (Wildman–Crippen LogP) is 0.861. The van der Waals surface area contributed by atoms with Gasteiger partial charge in [-0.3, -0.25) is 0 Å². The number of halogens is 2. The van der Waals surface area contributed by atoms with Crippen LogP contribution in [0.5, 0.6) is 0 Å². The minimum atomic E-state index is -1.25. The summed E-state index contributed by atoms with van der Waals surface area (Å²) in [4.78, 5) is 0. The SMILES string of the molecule is Cl[O][Sn][O]Cl. The Morgan fingerprint density at radius 3 is 1.60 bits per heavy atom. The molecule has 0 rings (SSSR count). The van der Waals surface area contributed by atoms with Crippen LogP contribution in [0.2, 0.25) is 0 Å². The standard InChI is InChI=1S/2ClO.Sn/c2*1-2;/q2*-1;+2. The van der Waals surface area contributed by atoms with Gasteiger partial charge in [-0.05, 0) is 0 Å². The average molecular weight is 222 g/mol. The van der Waals surface area contributed by atoms with E-state index in [9.17, 15) is 0 Å². The normalized spacial score (nSPS) is 8.40. The summed E-state index contributed by atoms with van der Waals surface area (Å²) in [5.74, 6) is 0. The molecular weight excluding hydrogens is 222 g/mol. The fourth-order valence-corrected chi connectivity index (χ4v) is 0.719. The number of rotatable bonds is 2. The van der Waals surface area contributed by atoms with Gasteiger partial charge in [0.1, 0.15) is 0 Å². The molecule has 0 bridgehead atoms. The molecule has 0 saturated carbocycles. The van der Waals surface area contributed by atoms with Crippen LogP contribution in [-0.2, 0) is 5.25 Å². The number of hydrogen-bond donors (Lipinski definition) is 0. The first-order chi connectivity index (χ1) is 2.41. The monoisotopic (exact) mass is 222 g/mol. The van der Waals surface area contributed by atoms with E-state index in [1.807, 2.05) is 0 Å². The first kappa shape index (κ1) is 6.30. The van der Waals surface area contributed by atoms with Crippen LogP contribution in [0.4, 0.5) is 0 Å². The molecule has 0 unspecified atom stereocenters. The van der Waals surface area contributed by atoms with Crippen molar-refractivity contribution in [2.24, 2.45) is 0 Å². The quantitative estimate of drug-likeness (QED) is 0.644. The molecule has 0 aromatic carbocycles. The molecule has 0 aromatic heterocycles. The van der Waals surface area contributed by atoms with Gasteiger partial charge < -0.3 is 0 Å². The van der Waals surface area contributed by atoms with Crippen LogP contribution < -0.4 is 0 Å². The van der Waals surface area contributed by atoms with Crippen molar-refractivity contribution >= 4 is 45.7 Å². The topological polar surface area (TPSA) is 18.5 Å². The second kappa shape index (κ2) is 5.30. The van der Waals surface area contributed by atoms with E-state index in [1.165, 1.54) is 0 Å². The third-order valence-corrected chi connectivity index (χ3v) is 1.27. The van der Waals surface area contributed by atoms with E-state index in [0.29, 0.717) is 0 Å². The Morgan fingerprint density at radius 2 is 1.60 bits per heavy atom. The van der Waals surface area contributed by atoms with Gasteiger partial charge in [0.05, 0.1) is 0 Å². The Morgan fingerprint density at radius 1 is 1.20 bits per heavy atom. The van der Waals surface area contributed by atoms with Crippen molar-refractivity contribution in [3.63, 3.8) is 0 Å². The first-order valence-corrected chi connectivity index (χ1v) is 3.66. The predicted molar refractivity (Wildman–Crippen MR) is 19.6 cm³/mol. The van der Waals surface area contributed by atoms with Crippen molar-refractivity contribution < 1.29 is 5.25 Å². The molecule has 0 aliphatic carbocycles. The molecule has 0 atom stereocenters. The Balaban J connectivity index is 2.19. The Bertz CT molecular complexity index is 15.1. The molecule has 0 fully saturated rings. The van der Waals surface area contributed by atoms with E-state index in [-0.39, 0.29) is 0 Å². The maximum atomic E-state index is 4.67. The molecule has 0 aliphatic heterocycles. The zero-order chi connectivity index (χ0) is 4.12. The molecule has 2 nitrogen and oxygen atoms in total. The van der Waals surface area contributed by atoms with E-state index < -0.39 is 22.0 Å². The van der Waals surface area contributed by atoms with Crippen LogP contribution in [0.15, 0.2) is 0 Å². The molecule has 0 spiro atoms. The fraction of sp³-hybridized carbons (Fsp3) is 0. The Hall–Kier alpha value is 1.30. The summed E-state index contributed by atoms with van der Waals surface area (Å²) in [7, 11) is 0. The summed E-state index contributed by atoms with van der Waals surface area (Å²) >= 11 is 8.08. The van der Waals surface area contributed by atoms with E-state index in [2.05, 4.69) is 29.0 Å². The van der Waals surface area contributed by atoms with E-state index in [0.717, 1.165) is 0 Å². The van der Waals surface area contributed by atoms with Crippen LogP contribution in [0.1, 0.15) is 0 Å². The second-order valence-electron chi connectivity index (χ2n) is 0.238. The molecule has 0 heterocycles. The zero-order valence-electron chi connectivity index (χ0n) is 2.07. The van der Waals surface area contributed by atoms with E-state index in [4.69, 9.17) is 0 Å². The molecule has 0 aliphatic rings. The summed E-state index contributed by atoms with van der Waals surface area (Å²) in [5, 5.41) is 0. The molecule has 0 N–H and O–H groups in total. The van der Waals surface area contributed by atoms with Gasteiger partial charge in [0, 0.05) is 0 Å². The van der Waals surface area contributed by atoms with Crippen molar-refractivity contribution in [3.8, 4) is 0 Å². The van der Waals surface area contributed by atoms with Gasteiger partial charge in [-0.2, -0.15) is 0 Å². The average Bonchev–Trinajstić information content (AvgIpc) is 1.41. The molecule has 0 saturated heterocycles. The van der Waals surface area contributed by atoms with Gasteiger partial charge in [0.15, 0.2) is 0 Å². The van der Waals surface area contributed by atoms with Gasteiger partial charge in [-0.15, -0.1) is 0 Å².